The average Bonchev–Trinajstić information content (AvgIpc) is 2.62. The Balaban J connectivity index is 0.00000144. The lowest BCUT2D eigenvalue weighted by atomic mass is 10.1. The normalized spacial score (nSPS) is 18.7. The van der Waals surface area contributed by atoms with Gasteiger partial charge in [0, 0.05) is 13.1 Å². The Labute approximate surface area is 106 Å². The van der Waals surface area contributed by atoms with Crippen LogP contribution in [0.1, 0.15) is 17.5 Å². The van der Waals surface area contributed by atoms with Gasteiger partial charge in [-0.2, -0.15) is 5.26 Å². The fraction of sp³-hybridized carbons (Fsp3) is 0.333. The van der Waals surface area contributed by atoms with Crippen molar-refractivity contribution in [2.24, 2.45) is 5.73 Å². The molecule has 0 saturated carbocycles. The van der Waals surface area contributed by atoms with Crippen LogP contribution in [0.15, 0.2) is 24.3 Å². The number of amides is 1. The van der Waals surface area contributed by atoms with Crippen molar-refractivity contribution < 1.29 is 4.79 Å². The molecule has 2 N–H and O–H groups in total. The second kappa shape index (κ2) is 5.67. The molecular weight excluding hydrogens is 238 g/mol. The predicted molar refractivity (Wildman–Crippen MR) is 66.4 cm³/mol. The van der Waals surface area contributed by atoms with Crippen LogP contribution in [0.5, 0.6) is 0 Å². The average molecular weight is 252 g/mol. The van der Waals surface area contributed by atoms with Crippen molar-refractivity contribution >= 4 is 18.3 Å². The Hall–Kier alpha value is -1.57. The van der Waals surface area contributed by atoms with Gasteiger partial charge < -0.3 is 10.6 Å². The molecule has 0 bridgehead atoms. The zero-order valence-corrected chi connectivity index (χ0v) is 10.1. The summed E-state index contributed by atoms with van der Waals surface area (Å²) in [5.74, 6) is 0.0179. The van der Waals surface area contributed by atoms with E-state index in [9.17, 15) is 4.79 Å². The number of carbonyl (C=O) groups is 1. The minimum atomic E-state index is -0.335. The molecule has 5 heteroatoms. The third-order valence-corrected chi connectivity index (χ3v) is 2.80. The Kier molecular flexibility index (Phi) is 4.50. The van der Waals surface area contributed by atoms with E-state index < -0.39 is 0 Å². The van der Waals surface area contributed by atoms with Crippen LogP contribution in [-0.2, 0) is 11.3 Å². The molecule has 0 radical (unpaired) electrons. The summed E-state index contributed by atoms with van der Waals surface area (Å²) >= 11 is 0. The first-order valence-electron chi connectivity index (χ1n) is 5.24. The molecule has 1 saturated heterocycles. The molecule has 0 aromatic heterocycles. The van der Waals surface area contributed by atoms with E-state index in [0.29, 0.717) is 12.1 Å². The second-order valence-corrected chi connectivity index (χ2v) is 3.96. The van der Waals surface area contributed by atoms with Crippen LogP contribution in [-0.4, -0.2) is 23.4 Å². The minimum Gasteiger partial charge on any atom is -0.337 e. The summed E-state index contributed by atoms with van der Waals surface area (Å²) in [5, 5.41) is 8.66. The molecule has 1 fully saturated rings. The van der Waals surface area contributed by atoms with E-state index in [1.165, 1.54) is 0 Å². The number of hydrogen-bond acceptors (Lipinski definition) is 3. The molecule has 1 heterocycles. The van der Waals surface area contributed by atoms with Crippen molar-refractivity contribution in [3.05, 3.63) is 35.4 Å². The number of nitrogens with two attached hydrogens (primary N) is 1. The van der Waals surface area contributed by atoms with E-state index >= 15 is 0 Å². The van der Waals surface area contributed by atoms with Gasteiger partial charge in [-0.3, -0.25) is 4.79 Å². The summed E-state index contributed by atoms with van der Waals surface area (Å²) in [7, 11) is 0. The van der Waals surface area contributed by atoms with Crippen LogP contribution in [0.4, 0.5) is 0 Å². The zero-order chi connectivity index (χ0) is 11.5. The number of rotatable bonds is 2. The second-order valence-electron chi connectivity index (χ2n) is 3.96. The smallest absolute Gasteiger partial charge is 0.239 e. The Bertz CT molecular complexity index is 438. The number of carbonyl (C=O) groups excluding carboxylic acids is 1. The predicted octanol–water partition coefficient (Wildman–Crippen LogP) is 1.04. The maximum absolute atomic E-state index is 11.6. The number of nitrogens with zero attached hydrogens (tertiary/aromatic N) is 2. The molecular formula is C12H14ClN3O. The maximum Gasteiger partial charge on any atom is 0.239 e. The molecule has 1 atom stereocenters. The molecule has 1 amide bonds. The molecule has 1 aliphatic heterocycles. The van der Waals surface area contributed by atoms with Crippen LogP contribution in [0.2, 0.25) is 0 Å². The van der Waals surface area contributed by atoms with Gasteiger partial charge in [0.25, 0.3) is 0 Å². The standard InChI is InChI=1S/C12H13N3O.ClH/c13-7-9-1-3-10(4-2-9)8-15-6-5-11(14)12(15)16;/h1-4,11H,5-6,8,14H2;1H. The van der Waals surface area contributed by atoms with E-state index in [2.05, 4.69) is 6.07 Å². The molecule has 1 unspecified atom stereocenters. The quantitative estimate of drug-likeness (QED) is 0.854. The Morgan fingerprint density at radius 1 is 1.41 bits per heavy atom. The van der Waals surface area contributed by atoms with E-state index in [0.717, 1.165) is 18.5 Å². The first kappa shape index (κ1) is 13.5. The highest BCUT2D eigenvalue weighted by Crippen LogP contribution is 2.14. The van der Waals surface area contributed by atoms with Crippen molar-refractivity contribution in [2.45, 2.75) is 19.0 Å². The summed E-state index contributed by atoms with van der Waals surface area (Å²) < 4.78 is 0. The number of halogens is 1. The topological polar surface area (TPSA) is 70.1 Å². The Morgan fingerprint density at radius 2 is 2.06 bits per heavy atom. The van der Waals surface area contributed by atoms with Crippen LogP contribution in [0, 0.1) is 11.3 Å². The monoisotopic (exact) mass is 251 g/mol. The van der Waals surface area contributed by atoms with Crippen LogP contribution >= 0.6 is 12.4 Å². The fourth-order valence-corrected chi connectivity index (χ4v) is 1.83. The fourth-order valence-electron chi connectivity index (χ4n) is 1.83. The summed E-state index contributed by atoms with van der Waals surface area (Å²) in [6, 6.07) is 8.99. The Morgan fingerprint density at radius 3 is 2.53 bits per heavy atom. The van der Waals surface area contributed by atoms with E-state index in [1.54, 1.807) is 17.0 Å². The lowest BCUT2D eigenvalue weighted by Gasteiger charge is -2.15. The van der Waals surface area contributed by atoms with Gasteiger partial charge in [0.15, 0.2) is 0 Å². The molecule has 1 aliphatic rings. The molecule has 0 aliphatic carbocycles. The van der Waals surface area contributed by atoms with Gasteiger partial charge in [0.1, 0.15) is 0 Å². The van der Waals surface area contributed by atoms with Crippen molar-refractivity contribution in [2.75, 3.05) is 6.54 Å². The number of hydrogen-bond donors (Lipinski definition) is 1. The van der Waals surface area contributed by atoms with Gasteiger partial charge in [0.05, 0.1) is 17.7 Å². The van der Waals surface area contributed by atoms with Crippen LogP contribution < -0.4 is 5.73 Å². The first-order valence-corrected chi connectivity index (χ1v) is 5.24. The van der Waals surface area contributed by atoms with Gasteiger partial charge in [0.2, 0.25) is 5.91 Å². The van der Waals surface area contributed by atoms with Gasteiger partial charge in [-0.05, 0) is 24.1 Å². The number of likely N-dealkylation sites (tertiary alicyclic amines) is 1. The third kappa shape index (κ3) is 2.96. The molecule has 90 valence electrons. The van der Waals surface area contributed by atoms with E-state index in [-0.39, 0.29) is 24.4 Å². The minimum absolute atomic E-state index is 0. The highest BCUT2D eigenvalue weighted by Gasteiger charge is 2.27. The maximum atomic E-state index is 11.6. The number of benzene rings is 1. The first-order chi connectivity index (χ1) is 7.70. The van der Waals surface area contributed by atoms with Gasteiger partial charge in [-0.1, -0.05) is 12.1 Å². The van der Waals surface area contributed by atoms with E-state index in [1.807, 2.05) is 12.1 Å². The highest BCUT2D eigenvalue weighted by atomic mass is 35.5. The van der Waals surface area contributed by atoms with Gasteiger partial charge >= 0.3 is 0 Å². The molecule has 2 rings (SSSR count). The SMILES string of the molecule is Cl.N#Cc1ccc(CN2CCC(N)C2=O)cc1. The zero-order valence-electron chi connectivity index (χ0n) is 9.30. The summed E-state index contributed by atoms with van der Waals surface area (Å²) in [6.45, 7) is 1.30. The molecule has 17 heavy (non-hydrogen) atoms. The summed E-state index contributed by atoms with van der Waals surface area (Å²) in [5.41, 5.74) is 7.30. The van der Waals surface area contributed by atoms with Crippen molar-refractivity contribution in [3.63, 3.8) is 0 Å². The van der Waals surface area contributed by atoms with Crippen LogP contribution in [0.3, 0.4) is 0 Å². The van der Waals surface area contributed by atoms with Crippen molar-refractivity contribution in [1.29, 1.82) is 5.26 Å². The summed E-state index contributed by atoms with van der Waals surface area (Å²) in [6.07, 6.45) is 0.731. The lowest BCUT2D eigenvalue weighted by molar-refractivity contribution is -0.129. The molecule has 1 aromatic rings. The van der Waals surface area contributed by atoms with Gasteiger partial charge in [-0.25, -0.2) is 0 Å². The van der Waals surface area contributed by atoms with Crippen molar-refractivity contribution in [1.82, 2.24) is 4.90 Å². The van der Waals surface area contributed by atoms with Gasteiger partial charge in [-0.15, -0.1) is 12.4 Å². The molecule has 0 spiro atoms. The van der Waals surface area contributed by atoms with E-state index in [4.69, 9.17) is 11.0 Å². The highest BCUT2D eigenvalue weighted by molar-refractivity contribution is 5.85. The summed E-state index contributed by atoms with van der Waals surface area (Å²) in [4.78, 5) is 13.3. The van der Waals surface area contributed by atoms with Crippen molar-refractivity contribution in [3.8, 4) is 6.07 Å². The van der Waals surface area contributed by atoms with Crippen LogP contribution in [0.25, 0.3) is 0 Å². The third-order valence-electron chi connectivity index (χ3n) is 2.80. The lowest BCUT2D eigenvalue weighted by Crippen LogP contribution is -2.33. The molecule has 4 nitrogen and oxygen atoms in total. The molecule has 1 aromatic carbocycles. The largest absolute Gasteiger partial charge is 0.337 e. The number of nitriles is 1.